The van der Waals surface area contributed by atoms with Crippen LogP contribution >= 0.6 is 0 Å². The third-order valence-electron chi connectivity index (χ3n) is 2.88. The lowest BCUT2D eigenvalue weighted by molar-refractivity contribution is -0.0504. The van der Waals surface area contributed by atoms with Crippen molar-refractivity contribution in [2.75, 3.05) is 0 Å². The number of hydrogen-bond acceptors (Lipinski definition) is 5. The van der Waals surface area contributed by atoms with Crippen LogP contribution in [0.1, 0.15) is 17.0 Å². The van der Waals surface area contributed by atoms with E-state index in [4.69, 9.17) is 4.52 Å². The lowest BCUT2D eigenvalue weighted by atomic mass is 10.2. The van der Waals surface area contributed by atoms with E-state index >= 15 is 0 Å². The molecule has 0 fully saturated rings. The molecule has 0 aliphatic rings. The predicted octanol–water partition coefficient (Wildman–Crippen LogP) is 2.37. The van der Waals surface area contributed by atoms with Crippen molar-refractivity contribution in [1.29, 1.82) is 0 Å². The number of aromatic nitrogens is 1. The van der Waals surface area contributed by atoms with E-state index in [0.29, 0.717) is 0 Å². The molecule has 0 spiro atoms. The molecule has 1 heterocycles. The molecule has 0 radical (unpaired) electrons. The van der Waals surface area contributed by atoms with Crippen molar-refractivity contribution in [1.82, 2.24) is 9.88 Å². The van der Waals surface area contributed by atoms with Crippen molar-refractivity contribution in [2.24, 2.45) is 0 Å². The Morgan fingerprint density at radius 1 is 1.32 bits per heavy atom. The maximum absolute atomic E-state index is 12.3. The first-order valence-corrected chi connectivity index (χ1v) is 7.75. The molecule has 0 unspecified atom stereocenters. The number of alkyl halides is 2. The highest BCUT2D eigenvalue weighted by Crippen LogP contribution is 2.22. The van der Waals surface area contributed by atoms with Crippen LogP contribution in [-0.4, -0.2) is 20.2 Å². The molecule has 1 N–H and O–H groups in total. The number of rotatable bonds is 6. The average Bonchev–Trinajstić information content (AvgIpc) is 2.77. The van der Waals surface area contributed by atoms with Gasteiger partial charge in [-0.15, -0.1) is 0 Å². The quantitative estimate of drug-likeness (QED) is 0.878. The number of ether oxygens (including phenoxy) is 1. The monoisotopic (exact) mass is 332 g/mol. The molecule has 1 aromatic carbocycles. The molecular formula is C13H14F2N2O4S. The van der Waals surface area contributed by atoms with Crippen LogP contribution in [0, 0.1) is 13.8 Å². The second kappa shape index (κ2) is 6.41. The fraction of sp³-hybridized carbons (Fsp3) is 0.308. The molecule has 0 aliphatic heterocycles. The number of nitrogens with one attached hydrogen (secondary N) is 1. The molecule has 0 bridgehead atoms. The highest BCUT2D eigenvalue weighted by Gasteiger charge is 2.24. The molecule has 0 saturated heterocycles. The average molecular weight is 332 g/mol. The van der Waals surface area contributed by atoms with E-state index in [-0.39, 0.29) is 34.2 Å². The van der Waals surface area contributed by atoms with E-state index in [0.717, 1.165) is 0 Å². The van der Waals surface area contributed by atoms with Crippen molar-refractivity contribution in [2.45, 2.75) is 31.9 Å². The lowest BCUT2D eigenvalue weighted by Crippen LogP contribution is -2.24. The van der Waals surface area contributed by atoms with Crippen LogP contribution in [0.5, 0.6) is 5.75 Å². The van der Waals surface area contributed by atoms with Gasteiger partial charge in [0, 0.05) is 12.1 Å². The fourth-order valence-corrected chi connectivity index (χ4v) is 3.30. The van der Waals surface area contributed by atoms with Gasteiger partial charge >= 0.3 is 6.61 Å². The SMILES string of the molecule is Cc1noc(C)c1S(=O)(=O)NCc1ccccc1OC(F)F. The molecule has 0 saturated carbocycles. The molecule has 2 aromatic rings. The number of aryl methyl sites for hydroxylation is 2. The third kappa shape index (κ3) is 3.60. The first-order valence-electron chi connectivity index (χ1n) is 6.26. The molecule has 22 heavy (non-hydrogen) atoms. The molecular weight excluding hydrogens is 318 g/mol. The minimum Gasteiger partial charge on any atom is -0.434 e. The zero-order valence-corrected chi connectivity index (χ0v) is 12.7. The first-order chi connectivity index (χ1) is 10.3. The number of sulfonamides is 1. The molecule has 0 amide bonds. The summed E-state index contributed by atoms with van der Waals surface area (Å²) in [6.45, 7) is -0.211. The van der Waals surface area contributed by atoms with Gasteiger partial charge in [-0.25, -0.2) is 13.1 Å². The third-order valence-corrected chi connectivity index (χ3v) is 4.52. The summed E-state index contributed by atoms with van der Waals surface area (Å²) in [4.78, 5) is -0.0558. The van der Waals surface area contributed by atoms with E-state index in [1.54, 1.807) is 6.07 Å². The van der Waals surface area contributed by atoms with Crippen molar-refractivity contribution < 1.29 is 26.5 Å². The molecule has 0 atom stereocenters. The predicted molar refractivity (Wildman–Crippen MR) is 73.1 cm³/mol. The second-order valence-electron chi connectivity index (χ2n) is 4.46. The van der Waals surface area contributed by atoms with E-state index < -0.39 is 16.6 Å². The minimum atomic E-state index is -3.87. The van der Waals surface area contributed by atoms with Crippen molar-refractivity contribution in [3.05, 3.63) is 41.3 Å². The first kappa shape index (κ1) is 16.4. The molecule has 1 aromatic heterocycles. The summed E-state index contributed by atoms with van der Waals surface area (Å²) >= 11 is 0. The lowest BCUT2D eigenvalue weighted by Gasteiger charge is -2.11. The highest BCUT2D eigenvalue weighted by molar-refractivity contribution is 7.89. The zero-order valence-electron chi connectivity index (χ0n) is 11.8. The van der Waals surface area contributed by atoms with Gasteiger partial charge in [0.15, 0.2) is 5.76 Å². The van der Waals surface area contributed by atoms with Gasteiger partial charge < -0.3 is 9.26 Å². The topological polar surface area (TPSA) is 81.4 Å². The van der Waals surface area contributed by atoms with Crippen molar-refractivity contribution >= 4 is 10.0 Å². The molecule has 6 nitrogen and oxygen atoms in total. The van der Waals surface area contributed by atoms with Crippen LogP contribution in [0.25, 0.3) is 0 Å². The molecule has 120 valence electrons. The summed E-state index contributed by atoms with van der Waals surface area (Å²) in [6, 6.07) is 5.95. The van der Waals surface area contributed by atoms with Gasteiger partial charge in [0.1, 0.15) is 16.3 Å². The largest absolute Gasteiger partial charge is 0.434 e. The number of benzene rings is 1. The number of hydrogen-bond donors (Lipinski definition) is 1. The minimum absolute atomic E-state index is 0.0558. The second-order valence-corrected chi connectivity index (χ2v) is 6.17. The molecule has 9 heteroatoms. The maximum Gasteiger partial charge on any atom is 0.387 e. The van der Waals surface area contributed by atoms with E-state index in [9.17, 15) is 17.2 Å². The Morgan fingerprint density at radius 3 is 2.59 bits per heavy atom. The van der Waals surface area contributed by atoms with Gasteiger partial charge in [0.25, 0.3) is 0 Å². The van der Waals surface area contributed by atoms with Crippen LogP contribution in [0.3, 0.4) is 0 Å². The van der Waals surface area contributed by atoms with Gasteiger partial charge in [-0.05, 0) is 19.9 Å². The van der Waals surface area contributed by atoms with Gasteiger partial charge in [-0.3, -0.25) is 0 Å². The Morgan fingerprint density at radius 2 is 2.00 bits per heavy atom. The van der Waals surface area contributed by atoms with Crippen LogP contribution in [0.4, 0.5) is 8.78 Å². The van der Waals surface area contributed by atoms with Crippen LogP contribution in [0.15, 0.2) is 33.7 Å². The fourth-order valence-electron chi connectivity index (χ4n) is 1.96. The maximum atomic E-state index is 12.3. The summed E-state index contributed by atoms with van der Waals surface area (Å²) in [5.74, 6) is 0.0704. The normalized spacial score (nSPS) is 11.9. The van der Waals surface area contributed by atoms with Gasteiger partial charge in [0.05, 0.1) is 0 Å². The van der Waals surface area contributed by atoms with Gasteiger partial charge in [0.2, 0.25) is 10.0 Å². The standard InChI is InChI=1S/C13H14F2N2O4S/c1-8-12(9(2)21-17-8)22(18,19)16-7-10-5-3-4-6-11(10)20-13(14)15/h3-6,13,16H,7H2,1-2H3. The van der Waals surface area contributed by atoms with Crippen LogP contribution < -0.4 is 9.46 Å². The highest BCUT2D eigenvalue weighted by atomic mass is 32.2. The number of nitrogens with zero attached hydrogens (tertiary/aromatic N) is 1. The molecule has 2 rings (SSSR count). The number of halogens is 2. The van der Waals surface area contributed by atoms with E-state index in [1.165, 1.54) is 32.0 Å². The Kier molecular flexibility index (Phi) is 4.77. The summed E-state index contributed by atoms with van der Waals surface area (Å²) in [7, 11) is -3.87. The van der Waals surface area contributed by atoms with E-state index in [2.05, 4.69) is 14.6 Å². The van der Waals surface area contributed by atoms with Gasteiger partial charge in [-0.2, -0.15) is 8.78 Å². The van der Waals surface area contributed by atoms with E-state index in [1.807, 2.05) is 0 Å². The summed E-state index contributed by atoms with van der Waals surface area (Å²) in [6.07, 6.45) is 0. The van der Waals surface area contributed by atoms with Gasteiger partial charge in [-0.1, -0.05) is 23.4 Å². The summed E-state index contributed by atoms with van der Waals surface area (Å²) < 4.78 is 60.6. The number of para-hydroxylation sites is 1. The Bertz CT molecular complexity index is 740. The Balaban J connectivity index is 2.20. The van der Waals surface area contributed by atoms with Crippen molar-refractivity contribution in [3.63, 3.8) is 0 Å². The summed E-state index contributed by atoms with van der Waals surface area (Å²) in [5.41, 5.74) is 0.514. The molecule has 0 aliphatic carbocycles. The van der Waals surface area contributed by atoms with Crippen LogP contribution in [0.2, 0.25) is 0 Å². The smallest absolute Gasteiger partial charge is 0.387 e. The zero-order chi connectivity index (χ0) is 16.3. The Hall–Kier alpha value is -2.00. The van der Waals surface area contributed by atoms with Crippen molar-refractivity contribution in [3.8, 4) is 5.75 Å². The Labute approximate surface area is 126 Å². The summed E-state index contributed by atoms with van der Waals surface area (Å²) in [5, 5.41) is 3.58. The van der Waals surface area contributed by atoms with Crippen LogP contribution in [-0.2, 0) is 16.6 Å².